The molecule has 1 atom stereocenters. The van der Waals surface area contributed by atoms with Gasteiger partial charge in [0.15, 0.2) is 0 Å². The molecule has 0 aromatic heterocycles. The minimum atomic E-state index is -0.500. The van der Waals surface area contributed by atoms with Crippen molar-refractivity contribution in [1.29, 1.82) is 0 Å². The highest BCUT2D eigenvalue weighted by Crippen LogP contribution is 2.24. The SMILES string of the molecule is CCOC(=O)c1ccc(N2C(=O)C[C@@H](NC3CCOCC3)C2=O)cc1. The molecular formula is C18H22N2O5. The summed E-state index contributed by atoms with van der Waals surface area (Å²) in [4.78, 5) is 37.8. The summed E-state index contributed by atoms with van der Waals surface area (Å²) in [6, 6.07) is 6.01. The molecule has 25 heavy (non-hydrogen) atoms. The van der Waals surface area contributed by atoms with Crippen LogP contribution in [-0.2, 0) is 19.1 Å². The molecule has 2 aliphatic heterocycles. The first-order valence-corrected chi connectivity index (χ1v) is 8.58. The summed E-state index contributed by atoms with van der Waals surface area (Å²) in [7, 11) is 0. The van der Waals surface area contributed by atoms with Crippen LogP contribution in [0.3, 0.4) is 0 Å². The van der Waals surface area contributed by atoms with Gasteiger partial charge in [0.2, 0.25) is 5.91 Å². The van der Waals surface area contributed by atoms with Gasteiger partial charge in [-0.1, -0.05) is 0 Å². The summed E-state index contributed by atoms with van der Waals surface area (Å²) in [5.74, 6) is -0.911. The zero-order valence-electron chi connectivity index (χ0n) is 14.2. The molecule has 1 aromatic rings. The van der Waals surface area contributed by atoms with Crippen LogP contribution in [0.2, 0.25) is 0 Å². The number of imide groups is 1. The third kappa shape index (κ3) is 3.88. The maximum atomic E-state index is 12.6. The lowest BCUT2D eigenvalue weighted by Gasteiger charge is -2.25. The molecule has 7 heteroatoms. The highest BCUT2D eigenvalue weighted by atomic mass is 16.5. The van der Waals surface area contributed by atoms with Crippen molar-refractivity contribution in [1.82, 2.24) is 5.32 Å². The van der Waals surface area contributed by atoms with E-state index >= 15 is 0 Å². The van der Waals surface area contributed by atoms with Gasteiger partial charge in [-0.3, -0.25) is 9.59 Å². The first-order valence-electron chi connectivity index (χ1n) is 8.58. The Labute approximate surface area is 146 Å². The third-order valence-electron chi connectivity index (χ3n) is 4.44. The molecule has 2 aliphatic rings. The minimum Gasteiger partial charge on any atom is -0.462 e. The fourth-order valence-electron chi connectivity index (χ4n) is 3.14. The van der Waals surface area contributed by atoms with Crippen molar-refractivity contribution in [2.24, 2.45) is 0 Å². The van der Waals surface area contributed by atoms with Crippen LogP contribution in [-0.4, -0.2) is 49.7 Å². The normalized spacial score (nSPS) is 21.6. The first-order chi connectivity index (χ1) is 12.1. The van der Waals surface area contributed by atoms with E-state index in [4.69, 9.17) is 9.47 Å². The van der Waals surface area contributed by atoms with Gasteiger partial charge in [0.25, 0.3) is 5.91 Å². The monoisotopic (exact) mass is 346 g/mol. The number of hydrogen-bond acceptors (Lipinski definition) is 6. The number of hydrogen-bond donors (Lipinski definition) is 1. The number of carbonyl (C=O) groups excluding carboxylic acids is 3. The Morgan fingerprint density at radius 1 is 1.24 bits per heavy atom. The van der Waals surface area contributed by atoms with Crippen molar-refractivity contribution in [2.75, 3.05) is 24.7 Å². The Morgan fingerprint density at radius 2 is 1.92 bits per heavy atom. The summed E-state index contributed by atoms with van der Waals surface area (Å²) >= 11 is 0. The van der Waals surface area contributed by atoms with Crippen LogP contribution in [0.25, 0.3) is 0 Å². The fourth-order valence-corrected chi connectivity index (χ4v) is 3.14. The highest BCUT2D eigenvalue weighted by Gasteiger charge is 2.40. The van der Waals surface area contributed by atoms with Crippen LogP contribution in [0.4, 0.5) is 5.69 Å². The third-order valence-corrected chi connectivity index (χ3v) is 4.44. The van der Waals surface area contributed by atoms with E-state index in [1.54, 1.807) is 31.2 Å². The lowest BCUT2D eigenvalue weighted by molar-refractivity contribution is -0.121. The van der Waals surface area contributed by atoms with Crippen LogP contribution in [0.15, 0.2) is 24.3 Å². The van der Waals surface area contributed by atoms with Gasteiger partial charge in [0.05, 0.1) is 30.3 Å². The van der Waals surface area contributed by atoms with E-state index in [0.717, 1.165) is 12.8 Å². The molecule has 2 amide bonds. The van der Waals surface area contributed by atoms with Crippen molar-refractivity contribution in [3.8, 4) is 0 Å². The van der Waals surface area contributed by atoms with E-state index in [9.17, 15) is 14.4 Å². The average molecular weight is 346 g/mol. The van der Waals surface area contributed by atoms with Crippen LogP contribution in [0.1, 0.15) is 36.5 Å². The smallest absolute Gasteiger partial charge is 0.338 e. The number of nitrogens with one attached hydrogen (secondary N) is 1. The second-order valence-electron chi connectivity index (χ2n) is 6.14. The predicted octanol–water partition coefficient (Wildman–Crippen LogP) is 1.26. The molecule has 1 aromatic carbocycles. The molecule has 1 N–H and O–H groups in total. The number of amides is 2. The number of benzene rings is 1. The Balaban J connectivity index is 1.68. The van der Waals surface area contributed by atoms with Crippen molar-refractivity contribution in [3.63, 3.8) is 0 Å². The Morgan fingerprint density at radius 3 is 2.56 bits per heavy atom. The zero-order valence-corrected chi connectivity index (χ0v) is 14.2. The molecule has 2 fully saturated rings. The molecule has 0 spiro atoms. The average Bonchev–Trinajstić information content (AvgIpc) is 2.90. The molecule has 134 valence electrons. The van der Waals surface area contributed by atoms with E-state index in [0.29, 0.717) is 31.1 Å². The second kappa shape index (κ2) is 7.76. The standard InChI is InChI=1S/C18H22N2O5/c1-2-25-18(23)12-3-5-14(6-4-12)20-16(21)11-15(17(20)22)19-13-7-9-24-10-8-13/h3-6,13,15,19H,2,7-11H2,1H3/t15-/m1/s1. The quantitative estimate of drug-likeness (QED) is 0.638. The molecule has 0 aliphatic carbocycles. The molecule has 3 rings (SSSR count). The number of anilines is 1. The van der Waals surface area contributed by atoms with Gasteiger partial charge in [-0.05, 0) is 44.0 Å². The number of rotatable bonds is 5. The topological polar surface area (TPSA) is 84.9 Å². The van der Waals surface area contributed by atoms with Crippen LogP contribution in [0.5, 0.6) is 0 Å². The maximum Gasteiger partial charge on any atom is 0.338 e. The van der Waals surface area contributed by atoms with E-state index < -0.39 is 12.0 Å². The largest absolute Gasteiger partial charge is 0.462 e. The summed E-state index contributed by atoms with van der Waals surface area (Å²) in [6.45, 7) is 3.37. The van der Waals surface area contributed by atoms with E-state index in [1.165, 1.54) is 4.90 Å². The predicted molar refractivity (Wildman–Crippen MR) is 90.3 cm³/mol. The molecule has 7 nitrogen and oxygen atoms in total. The van der Waals surface area contributed by atoms with Crippen LogP contribution < -0.4 is 10.2 Å². The second-order valence-corrected chi connectivity index (χ2v) is 6.14. The minimum absolute atomic E-state index is 0.149. The van der Waals surface area contributed by atoms with Gasteiger partial charge >= 0.3 is 5.97 Å². The maximum absolute atomic E-state index is 12.6. The van der Waals surface area contributed by atoms with Gasteiger partial charge in [0.1, 0.15) is 0 Å². The van der Waals surface area contributed by atoms with Crippen molar-refractivity contribution >= 4 is 23.5 Å². The Kier molecular flexibility index (Phi) is 5.45. The lowest BCUT2D eigenvalue weighted by Crippen LogP contribution is -2.45. The van der Waals surface area contributed by atoms with Gasteiger partial charge in [-0.2, -0.15) is 0 Å². The Hall–Kier alpha value is -2.25. The molecule has 0 unspecified atom stereocenters. The van der Waals surface area contributed by atoms with Gasteiger partial charge < -0.3 is 14.8 Å². The molecule has 0 radical (unpaired) electrons. The molecule has 0 bridgehead atoms. The van der Waals surface area contributed by atoms with Crippen LogP contribution >= 0.6 is 0 Å². The Bertz CT molecular complexity index is 652. The molecule has 0 saturated carbocycles. The summed E-state index contributed by atoms with van der Waals surface area (Å²) in [5.41, 5.74) is 0.862. The zero-order chi connectivity index (χ0) is 17.8. The lowest BCUT2D eigenvalue weighted by atomic mass is 10.1. The first kappa shape index (κ1) is 17.6. The number of carbonyl (C=O) groups is 3. The highest BCUT2D eigenvalue weighted by molar-refractivity contribution is 6.22. The van der Waals surface area contributed by atoms with E-state index in [1.807, 2.05) is 0 Å². The summed E-state index contributed by atoms with van der Waals surface area (Å²) in [6.07, 6.45) is 1.83. The molecular weight excluding hydrogens is 324 g/mol. The molecule has 2 heterocycles. The van der Waals surface area contributed by atoms with Crippen LogP contribution in [0, 0.1) is 0 Å². The van der Waals surface area contributed by atoms with Crippen molar-refractivity contribution < 1.29 is 23.9 Å². The van der Waals surface area contributed by atoms with Gasteiger partial charge in [0, 0.05) is 19.3 Å². The van der Waals surface area contributed by atoms with Crippen molar-refractivity contribution in [2.45, 2.75) is 38.3 Å². The van der Waals surface area contributed by atoms with E-state index in [-0.39, 0.29) is 24.3 Å². The number of esters is 1. The van der Waals surface area contributed by atoms with Gasteiger partial charge in [-0.25, -0.2) is 9.69 Å². The number of ether oxygens (including phenoxy) is 2. The fraction of sp³-hybridized carbons (Fsp3) is 0.500. The van der Waals surface area contributed by atoms with Crippen molar-refractivity contribution in [3.05, 3.63) is 29.8 Å². The van der Waals surface area contributed by atoms with Gasteiger partial charge in [-0.15, -0.1) is 0 Å². The summed E-state index contributed by atoms with van der Waals surface area (Å²) in [5, 5.41) is 3.28. The number of nitrogens with zero attached hydrogens (tertiary/aromatic N) is 1. The van der Waals surface area contributed by atoms with E-state index in [2.05, 4.69) is 5.32 Å². The summed E-state index contributed by atoms with van der Waals surface area (Å²) < 4.78 is 10.2. The molecule has 2 saturated heterocycles.